The van der Waals surface area contributed by atoms with Gasteiger partial charge in [0.25, 0.3) is 0 Å². The van der Waals surface area contributed by atoms with Crippen molar-refractivity contribution in [3.8, 4) is 0 Å². The van der Waals surface area contributed by atoms with Crippen LogP contribution in [0.2, 0.25) is 0 Å². The van der Waals surface area contributed by atoms with Crippen LogP contribution in [0.5, 0.6) is 0 Å². The van der Waals surface area contributed by atoms with Gasteiger partial charge in [-0.15, -0.1) is 0 Å². The first-order valence-corrected chi connectivity index (χ1v) is 2.52. The van der Waals surface area contributed by atoms with Crippen molar-refractivity contribution in [2.24, 2.45) is 0 Å². The minimum absolute atomic E-state index is 0.0673. The lowest BCUT2D eigenvalue weighted by Crippen LogP contribution is -2.15. The van der Waals surface area contributed by atoms with Gasteiger partial charge in [-0.05, 0) is 0 Å². The van der Waals surface area contributed by atoms with Crippen molar-refractivity contribution < 1.29 is 29.4 Å². The largest absolute Gasteiger partial charge is 0.346 e. The van der Waals surface area contributed by atoms with Crippen molar-refractivity contribution in [3.05, 3.63) is 0 Å². The number of hydrogen-bond donors (Lipinski definition) is 0. The molecule has 1 fully saturated rings. The maximum Gasteiger partial charge on any atom is 0.346 e. The van der Waals surface area contributed by atoms with Gasteiger partial charge in [0.15, 0.2) is 0 Å². The van der Waals surface area contributed by atoms with Crippen molar-refractivity contribution >= 4 is 11.9 Å². The Hall–Kier alpha value is -1.14. The van der Waals surface area contributed by atoms with Gasteiger partial charge in [-0.2, -0.15) is 0 Å². The van der Waals surface area contributed by atoms with Crippen LogP contribution in [0.25, 0.3) is 0 Å². The monoisotopic (exact) mass is 148 g/mol. The predicted molar refractivity (Wildman–Crippen MR) is 23.6 cm³/mol. The van der Waals surface area contributed by atoms with Crippen molar-refractivity contribution in [2.75, 3.05) is 0 Å². The van der Waals surface area contributed by atoms with E-state index in [2.05, 4.69) is 19.9 Å². The molecule has 0 N–H and O–H groups in total. The van der Waals surface area contributed by atoms with Crippen LogP contribution in [0.4, 0.5) is 0 Å². The summed E-state index contributed by atoms with van der Waals surface area (Å²) in [6, 6.07) is 0. The topological polar surface area (TPSA) is 71.1 Å². The van der Waals surface area contributed by atoms with Gasteiger partial charge in [0.1, 0.15) is 0 Å². The Bertz CT molecular complexity index is 134. The molecule has 0 aromatic rings. The molecule has 1 aliphatic heterocycles. The van der Waals surface area contributed by atoms with Gasteiger partial charge >= 0.3 is 11.9 Å². The molecule has 6 nitrogen and oxygen atoms in total. The van der Waals surface area contributed by atoms with E-state index in [1.807, 2.05) is 0 Å². The van der Waals surface area contributed by atoms with Crippen LogP contribution in [-0.4, -0.2) is 11.9 Å². The molecule has 0 saturated carbocycles. The van der Waals surface area contributed by atoms with Gasteiger partial charge in [-0.1, -0.05) is 0 Å². The second kappa shape index (κ2) is 3.14. The average Bonchev–Trinajstić information content (AvgIpc) is 1.90. The van der Waals surface area contributed by atoms with Gasteiger partial charge in [-0.3, -0.25) is 9.78 Å². The molecular weight excluding hydrogens is 144 g/mol. The summed E-state index contributed by atoms with van der Waals surface area (Å²) in [5.74, 6) is -1.34. The minimum Gasteiger partial charge on any atom is -0.266 e. The molecule has 0 bridgehead atoms. The van der Waals surface area contributed by atoms with Gasteiger partial charge in [0.2, 0.25) is 0 Å². The summed E-state index contributed by atoms with van der Waals surface area (Å²) >= 11 is 0. The third-order valence-corrected chi connectivity index (χ3v) is 0.815. The maximum atomic E-state index is 10.3. The van der Waals surface area contributed by atoms with Crippen molar-refractivity contribution in [1.29, 1.82) is 0 Å². The van der Waals surface area contributed by atoms with Crippen LogP contribution in [0.1, 0.15) is 12.8 Å². The fourth-order valence-electron chi connectivity index (χ4n) is 0.391. The van der Waals surface area contributed by atoms with Crippen LogP contribution in [0.3, 0.4) is 0 Å². The molecule has 0 atom stereocenters. The van der Waals surface area contributed by atoms with Crippen LogP contribution in [0.15, 0.2) is 0 Å². The van der Waals surface area contributed by atoms with Gasteiger partial charge in [0, 0.05) is 10.1 Å². The van der Waals surface area contributed by atoms with Crippen LogP contribution < -0.4 is 0 Å². The van der Waals surface area contributed by atoms with Gasteiger partial charge in [0.05, 0.1) is 12.8 Å². The van der Waals surface area contributed by atoms with E-state index in [9.17, 15) is 9.59 Å². The first-order valence-electron chi connectivity index (χ1n) is 2.52. The average molecular weight is 148 g/mol. The molecule has 0 radical (unpaired) electrons. The lowest BCUT2D eigenvalue weighted by Gasteiger charge is -2.04. The molecule has 1 saturated heterocycles. The molecule has 0 aliphatic carbocycles. The maximum absolute atomic E-state index is 10.3. The Morgan fingerprint density at radius 2 is 1.30 bits per heavy atom. The quantitative estimate of drug-likeness (QED) is 0.437. The molecule has 0 spiro atoms. The van der Waals surface area contributed by atoms with Gasteiger partial charge in [-0.25, -0.2) is 9.59 Å². The Labute approximate surface area is 55.4 Å². The second-order valence-electron chi connectivity index (χ2n) is 1.55. The van der Waals surface area contributed by atoms with E-state index < -0.39 is 11.9 Å². The normalized spacial score (nSPS) is 20.4. The highest BCUT2D eigenvalue weighted by molar-refractivity contribution is 5.77. The van der Waals surface area contributed by atoms with Crippen LogP contribution in [-0.2, 0) is 29.4 Å². The zero-order chi connectivity index (χ0) is 7.40. The summed E-state index contributed by atoms with van der Waals surface area (Å²) in [4.78, 5) is 28.5. The number of rotatable bonds is 0. The first-order chi connectivity index (χ1) is 4.79. The molecule has 0 amide bonds. The smallest absolute Gasteiger partial charge is 0.266 e. The standard InChI is InChI=1S/C4H4O6/c5-3-1-2-4(6)8-10-9-7-3/h1-2H2. The zero-order valence-corrected chi connectivity index (χ0v) is 4.86. The Morgan fingerprint density at radius 3 is 1.70 bits per heavy atom. The first kappa shape index (κ1) is 6.97. The molecular formula is C4H4O6. The van der Waals surface area contributed by atoms with Crippen molar-refractivity contribution in [1.82, 2.24) is 0 Å². The number of carbonyl (C=O) groups excluding carboxylic acids is 2. The molecule has 0 aromatic heterocycles. The van der Waals surface area contributed by atoms with E-state index in [-0.39, 0.29) is 12.8 Å². The van der Waals surface area contributed by atoms with E-state index in [0.717, 1.165) is 0 Å². The highest BCUT2D eigenvalue weighted by atomic mass is 17.7. The summed E-state index contributed by atoms with van der Waals surface area (Å²) in [5, 5.41) is 7.33. The Kier molecular flexibility index (Phi) is 2.19. The number of hydrogen-bond acceptors (Lipinski definition) is 6. The molecule has 1 rings (SSSR count). The van der Waals surface area contributed by atoms with Crippen molar-refractivity contribution in [2.45, 2.75) is 12.8 Å². The molecule has 1 heterocycles. The van der Waals surface area contributed by atoms with E-state index in [1.165, 1.54) is 0 Å². The fourth-order valence-corrected chi connectivity index (χ4v) is 0.391. The van der Waals surface area contributed by atoms with E-state index in [4.69, 9.17) is 0 Å². The lowest BCUT2D eigenvalue weighted by atomic mass is 10.3. The molecule has 10 heavy (non-hydrogen) atoms. The van der Waals surface area contributed by atoms with E-state index in [0.29, 0.717) is 0 Å². The minimum atomic E-state index is -0.670. The summed E-state index contributed by atoms with van der Waals surface area (Å²) in [7, 11) is 0. The molecule has 0 aromatic carbocycles. The third-order valence-electron chi connectivity index (χ3n) is 0.815. The SMILES string of the molecule is O=C1CCC(=O)OOOO1. The highest BCUT2D eigenvalue weighted by Gasteiger charge is 2.15. The summed E-state index contributed by atoms with van der Waals surface area (Å²) < 4.78 is 0. The van der Waals surface area contributed by atoms with Crippen molar-refractivity contribution in [3.63, 3.8) is 0 Å². The second-order valence-corrected chi connectivity index (χ2v) is 1.55. The summed E-state index contributed by atoms with van der Waals surface area (Å²) in [5.41, 5.74) is 0. The fraction of sp³-hybridized carbons (Fsp3) is 0.500. The Balaban J connectivity index is 2.36. The van der Waals surface area contributed by atoms with Gasteiger partial charge < -0.3 is 0 Å². The lowest BCUT2D eigenvalue weighted by molar-refractivity contribution is -0.602. The molecule has 0 unspecified atom stereocenters. The van der Waals surface area contributed by atoms with E-state index >= 15 is 0 Å². The Morgan fingerprint density at radius 1 is 0.900 bits per heavy atom. The highest BCUT2D eigenvalue weighted by Crippen LogP contribution is 2.01. The van der Waals surface area contributed by atoms with Crippen LogP contribution >= 0.6 is 0 Å². The summed E-state index contributed by atoms with van der Waals surface area (Å²) in [6.07, 6.45) is -0.135. The third kappa shape index (κ3) is 2.00. The van der Waals surface area contributed by atoms with E-state index in [1.54, 1.807) is 0 Å². The predicted octanol–water partition coefficient (Wildman–Crippen LogP) is -0.355. The molecule has 1 aliphatic rings. The summed E-state index contributed by atoms with van der Waals surface area (Å²) in [6.45, 7) is 0. The molecule has 6 heteroatoms. The zero-order valence-electron chi connectivity index (χ0n) is 4.86. The number of carbonyl (C=O) groups is 2. The molecule has 56 valence electrons. The van der Waals surface area contributed by atoms with Crippen LogP contribution in [0, 0.1) is 0 Å².